The van der Waals surface area contributed by atoms with Gasteiger partial charge in [0.2, 0.25) is 5.91 Å². The maximum Gasteiger partial charge on any atom is 0.243 e. The van der Waals surface area contributed by atoms with Gasteiger partial charge in [0.05, 0.1) is 6.54 Å². The fraction of sp³-hybridized carbons (Fsp3) is 0.278. The van der Waals surface area contributed by atoms with E-state index in [4.69, 9.17) is 0 Å². The third kappa shape index (κ3) is 3.85. The maximum atomic E-state index is 12.1. The van der Waals surface area contributed by atoms with E-state index in [9.17, 15) is 4.79 Å². The topological polar surface area (TPSA) is 41.1 Å². The van der Waals surface area contributed by atoms with Crippen LogP contribution < -0.4 is 10.6 Å². The number of hydrogen-bond donors (Lipinski definition) is 2. The van der Waals surface area contributed by atoms with Crippen LogP contribution in [-0.2, 0) is 4.79 Å². The van der Waals surface area contributed by atoms with Crippen molar-refractivity contribution in [2.45, 2.75) is 27.7 Å². The predicted octanol–water partition coefficient (Wildman–Crippen LogP) is 3.97. The van der Waals surface area contributed by atoms with E-state index in [1.54, 1.807) is 0 Å². The zero-order valence-electron chi connectivity index (χ0n) is 13.1. The fourth-order valence-electron chi connectivity index (χ4n) is 2.30. The Labute approximate surface area is 126 Å². The molecule has 0 heterocycles. The van der Waals surface area contributed by atoms with Crippen LogP contribution in [0.25, 0.3) is 0 Å². The van der Waals surface area contributed by atoms with Crippen LogP contribution in [0.5, 0.6) is 0 Å². The third-order valence-corrected chi connectivity index (χ3v) is 3.58. The van der Waals surface area contributed by atoms with Gasteiger partial charge in [-0.2, -0.15) is 0 Å². The second-order valence-electron chi connectivity index (χ2n) is 5.49. The smallest absolute Gasteiger partial charge is 0.243 e. The molecule has 21 heavy (non-hydrogen) atoms. The Morgan fingerprint density at radius 1 is 0.952 bits per heavy atom. The molecular formula is C18H22N2O. The molecule has 0 aliphatic carbocycles. The second kappa shape index (κ2) is 6.44. The maximum absolute atomic E-state index is 12.1. The highest BCUT2D eigenvalue weighted by atomic mass is 16.1. The molecule has 0 aliphatic heterocycles. The van der Waals surface area contributed by atoms with Crippen LogP contribution in [0, 0.1) is 27.7 Å². The number of nitrogens with one attached hydrogen (secondary N) is 2. The molecule has 0 spiro atoms. The van der Waals surface area contributed by atoms with Crippen LogP contribution in [0.1, 0.15) is 22.3 Å². The Hall–Kier alpha value is -2.29. The van der Waals surface area contributed by atoms with E-state index in [2.05, 4.69) is 28.8 Å². The average Bonchev–Trinajstić information content (AvgIpc) is 2.44. The van der Waals surface area contributed by atoms with E-state index >= 15 is 0 Å². The van der Waals surface area contributed by atoms with Crippen molar-refractivity contribution >= 4 is 17.3 Å². The molecule has 1 amide bonds. The Kier molecular flexibility index (Phi) is 4.63. The molecule has 0 aliphatic rings. The standard InChI is InChI=1S/C18H22N2O/c1-12-8-9-13(2)16(10-12)19-11-17(21)20-18-14(3)6-5-7-15(18)4/h5-10,19H,11H2,1-4H3,(H,20,21). The van der Waals surface area contributed by atoms with Gasteiger partial charge < -0.3 is 10.6 Å². The molecule has 3 nitrogen and oxygen atoms in total. The van der Waals surface area contributed by atoms with E-state index < -0.39 is 0 Å². The first kappa shape index (κ1) is 15.1. The monoisotopic (exact) mass is 282 g/mol. The minimum absolute atomic E-state index is 0.0340. The number of carbonyl (C=O) groups excluding carboxylic acids is 1. The number of hydrogen-bond acceptors (Lipinski definition) is 2. The summed E-state index contributed by atoms with van der Waals surface area (Å²) in [6.45, 7) is 8.34. The van der Waals surface area contributed by atoms with Gasteiger partial charge in [0.25, 0.3) is 0 Å². The van der Waals surface area contributed by atoms with E-state index in [1.165, 1.54) is 5.56 Å². The van der Waals surface area contributed by atoms with Crippen molar-refractivity contribution in [1.29, 1.82) is 0 Å². The molecule has 0 fully saturated rings. The number of rotatable bonds is 4. The molecule has 2 N–H and O–H groups in total. The van der Waals surface area contributed by atoms with Gasteiger partial charge in [0.15, 0.2) is 0 Å². The third-order valence-electron chi connectivity index (χ3n) is 3.58. The summed E-state index contributed by atoms with van der Waals surface area (Å²) in [6, 6.07) is 12.2. The summed E-state index contributed by atoms with van der Waals surface area (Å²) in [4.78, 5) is 12.1. The van der Waals surface area contributed by atoms with Crippen molar-refractivity contribution < 1.29 is 4.79 Å². The summed E-state index contributed by atoms with van der Waals surface area (Å²) >= 11 is 0. The summed E-state index contributed by atoms with van der Waals surface area (Å²) in [5, 5.41) is 6.18. The van der Waals surface area contributed by atoms with Crippen LogP contribution in [-0.4, -0.2) is 12.5 Å². The van der Waals surface area contributed by atoms with Gasteiger partial charge in [-0.25, -0.2) is 0 Å². The van der Waals surface area contributed by atoms with Crippen molar-refractivity contribution in [1.82, 2.24) is 0 Å². The van der Waals surface area contributed by atoms with Crippen molar-refractivity contribution in [3.05, 3.63) is 58.7 Å². The molecule has 0 bridgehead atoms. The number of carbonyl (C=O) groups is 1. The van der Waals surface area contributed by atoms with E-state index in [0.29, 0.717) is 0 Å². The van der Waals surface area contributed by atoms with E-state index in [0.717, 1.165) is 28.1 Å². The van der Waals surface area contributed by atoms with E-state index in [-0.39, 0.29) is 12.5 Å². The quantitative estimate of drug-likeness (QED) is 0.891. The molecule has 3 heteroatoms. The number of anilines is 2. The highest BCUT2D eigenvalue weighted by Crippen LogP contribution is 2.20. The largest absolute Gasteiger partial charge is 0.376 e. The summed E-state index contributed by atoms with van der Waals surface area (Å²) < 4.78 is 0. The molecule has 2 rings (SSSR count). The normalized spacial score (nSPS) is 10.3. The predicted molar refractivity (Wildman–Crippen MR) is 89.0 cm³/mol. The van der Waals surface area contributed by atoms with Gasteiger partial charge in [-0.3, -0.25) is 4.79 Å². The van der Waals surface area contributed by atoms with Crippen molar-refractivity contribution in [2.75, 3.05) is 17.2 Å². The first-order valence-electron chi connectivity index (χ1n) is 7.14. The van der Waals surface area contributed by atoms with Crippen LogP contribution in [0.4, 0.5) is 11.4 Å². The molecule has 0 aromatic heterocycles. The summed E-state index contributed by atoms with van der Waals surface area (Å²) in [5.74, 6) is -0.0340. The average molecular weight is 282 g/mol. The van der Waals surface area contributed by atoms with Gasteiger partial charge >= 0.3 is 0 Å². The van der Waals surface area contributed by atoms with Crippen LogP contribution >= 0.6 is 0 Å². The lowest BCUT2D eigenvalue weighted by atomic mass is 10.1. The molecule has 2 aromatic carbocycles. The van der Waals surface area contributed by atoms with Crippen LogP contribution in [0.3, 0.4) is 0 Å². The lowest BCUT2D eigenvalue weighted by molar-refractivity contribution is -0.114. The SMILES string of the molecule is Cc1ccc(C)c(NCC(=O)Nc2c(C)cccc2C)c1. The van der Waals surface area contributed by atoms with E-state index in [1.807, 2.05) is 45.9 Å². The molecular weight excluding hydrogens is 260 g/mol. The first-order valence-corrected chi connectivity index (χ1v) is 7.14. The molecule has 0 atom stereocenters. The molecule has 0 radical (unpaired) electrons. The molecule has 0 saturated heterocycles. The summed E-state index contributed by atoms with van der Waals surface area (Å²) in [5.41, 5.74) is 6.39. The summed E-state index contributed by atoms with van der Waals surface area (Å²) in [6.07, 6.45) is 0. The fourth-order valence-corrected chi connectivity index (χ4v) is 2.30. The Bertz CT molecular complexity index is 642. The molecule has 2 aromatic rings. The lowest BCUT2D eigenvalue weighted by Gasteiger charge is -2.13. The highest BCUT2D eigenvalue weighted by Gasteiger charge is 2.07. The van der Waals surface area contributed by atoms with Gasteiger partial charge in [-0.1, -0.05) is 30.3 Å². The van der Waals surface area contributed by atoms with Crippen molar-refractivity contribution in [3.63, 3.8) is 0 Å². The zero-order chi connectivity index (χ0) is 15.4. The Balaban J connectivity index is 2.01. The minimum Gasteiger partial charge on any atom is -0.376 e. The van der Waals surface area contributed by atoms with Crippen molar-refractivity contribution in [3.8, 4) is 0 Å². The number of amides is 1. The number of benzene rings is 2. The Morgan fingerprint density at radius 2 is 1.62 bits per heavy atom. The van der Waals surface area contributed by atoms with Crippen molar-refractivity contribution in [2.24, 2.45) is 0 Å². The molecule has 0 unspecified atom stereocenters. The Morgan fingerprint density at radius 3 is 2.29 bits per heavy atom. The van der Waals surface area contributed by atoms with Gasteiger partial charge in [-0.05, 0) is 56.0 Å². The van der Waals surface area contributed by atoms with Gasteiger partial charge in [0.1, 0.15) is 0 Å². The first-order chi connectivity index (χ1) is 9.97. The van der Waals surface area contributed by atoms with Gasteiger partial charge in [-0.15, -0.1) is 0 Å². The molecule has 0 saturated carbocycles. The highest BCUT2D eigenvalue weighted by molar-refractivity contribution is 5.95. The summed E-state index contributed by atoms with van der Waals surface area (Å²) in [7, 11) is 0. The van der Waals surface area contributed by atoms with Crippen LogP contribution in [0.2, 0.25) is 0 Å². The lowest BCUT2D eigenvalue weighted by Crippen LogP contribution is -2.23. The number of para-hydroxylation sites is 1. The zero-order valence-corrected chi connectivity index (χ0v) is 13.1. The van der Waals surface area contributed by atoms with Gasteiger partial charge in [0, 0.05) is 11.4 Å². The second-order valence-corrected chi connectivity index (χ2v) is 5.49. The van der Waals surface area contributed by atoms with Crippen LogP contribution in [0.15, 0.2) is 36.4 Å². The molecule has 110 valence electrons. The minimum atomic E-state index is -0.0340. The number of aryl methyl sites for hydroxylation is 4.